The molecule has 18 heavy (non-hydrogen) atoms. The van der Waals surface area contributed by atoms with Gasteiger partial charge in [-0.1, -0.05) is 49.0 Å². The van der Waals surface area contributed by atoms with Crippen LogP contribution in [0.2, 0.25) is 0 Å². The van der Waals surface area contributed by atoms with Gasteiger partial charge in [-0.25, -0.2) is 4.79 Å². The van der Waals surface area contributed by atoms with Crippen molar-refractivity contribution in [2.75, 3.05) is 0 Å². The number of nitrogens with two attached hydrogens (primary N) is 1. The number of rotatable bonds is 7. The molecule has 0 aliphatic heterocycles. The van der Waals surface area contributed by atoms with Crippen LogP contribution in [-0.4, -0.2) is 12.2 Å². The van der Waals surface area contributed by atoms with Crippen LogP contribution < -0.4 is 5.73 Å². The van der Waals surface area contributed by atoms with Crippen molar-refractivity contribution in [2.45, 2.75) is 52.6 Å². The molecule has 0 saturated heterocycles. The lowest BCUT2D eigenvalue weighted by Crippen LogP contribution is -2.23. The van der Waals surface area contributed by atoms with Crippen molar-refractivity contribution in [2.24, 2.45) is 5.73 Å². The van der Waals surface area contributed by atoms with Gasteiger partial charge in [0, 0.05) is 16.5 Å². The number of amides is 1. The first-order valence-electron chi connectivity index (χ1n) is 6.05. The normalized spacial score (nSPS) is 15.1. The van der Waals surface area contributed by atoms with Gasteiger partial charge in [-0.3, -0.25) is 0 Å². The van der Waals surface area contributed by atoms with Gasteiger partial charge in [-0.2, -0.15) is 0 Å². The lowest BCUT2D eigenvalue weighted by atomic mass is 10.0. The van der Waals surface area contributed by atoms with Gasteiger partial charge in [-0.05, 0) is 25.8 Å². The van der Waals surface area contributed by atoms with Crippen molar-refractivity contribution in [1.82, 2.24) is 0 Å². The molecule has 1 atom stereocenters. The van der Waals surface area contributed by atoms with Crippen molar-refractivity contribution >= 4 is 29.3 Å². The molecule has 3 nitrogen and oxygen atoms in total. The molecule has 2 N–H and O–H groups in total. The van der Waals surface area contributed by atoms with Gasteiger partial charge in [0.05, 0.1) is 0 Å². The smallest absolute Gasteiger partial charge is 0.404 e. The highest BCUT2D eigenvalue weighted by Crippen LogP contribution is 2.28. The van der Waals surface area contributed by atoms with Gasteiger partial charge in [0.25, 0.3) is 0 Å². The van der Waals surface area contributed by atoms with E-state index in [4.69, 9.17) is 33.7 Å². The van der Waals surface area contributed by atoms with Crippen LogP contribution in [0.4, 0.5) is 4.79 Å². The molecule has 0 radical (unpaired) electrons. The van der Waals surface area contributed by atoms with E-state index in [0.29, 0.717) is 16.5 Å². The number of halogens is 2. The first kappa shape index (κ1) is 17.3. The Balaban J connectivity index is 4.81. The quantitative estimate of drug-likeness (QED) is 0.693. The van der Waals surface area contributed by atoms with E-state index >= 15 is 0 Å². The molecule has 0 spiro atoms. The summed E-state index contributed by atoms with van der Waals surface area (Å²) in [5, 5.41) is 1.18. The predicted octanol–water partition coefficient (Wildman–Crippen LogP) is 4.69. The number of allylic oxidation sites excluding steroid dienone is 3. The Hall–Kier alpha value is -0.670. The van der Waals surface area contributed by atoms with Gasteiger partial charge in [0.2, 0.25) is 0 Å². The molecular weight excluding hydrogens is 273 g/mol. The second kappa shape index (κ2) is 9.29. The third kappa shape index (κ3) is 6.92. The van der Waals surface area contributed by atoms with E-state index in [1.54, 1.807) is 13.0 Å². The van der Waals surface area contributed by atoms with Gasteiger partial charge >= 0.3 is 6.09 Å². The van der Waals surface area contributed by atoms with E-state index in [0.717, 1.165) is 24.8 Å². The first-order chi connectivity index (χ1) is 8.42. The second-order valence-electron chi connectivity index (χ2n) is 4.05. The minimum atomic E-state index is -0.765. The number of ether oxygens (including phenoxy) is 1. The maximum Gasteiger partial charge on any atom is 0.404 e. The third-order valence-electron chi connectivity index (χ3n) is 2.55. The zero-order valence-electron chi connectivity index (χ0n) is 11.1. The molecule has 104 valence electrons. The van der Waals surface area contributed by atoms with Crippen LogP contribution in [0.3, 0.4) is 0 Å². The summed E-state index contributed by atoms with van der Waals surface area (Å²) in [6, 6.07) is 0. The lowest BCUT2D eigenvalue weighted by molar-refractivity contribution is 0.1000. The minimum absolute atomic E-state index is 0.278. The number of unbranched alkanes of at least 4 members (excludes halogenated alkanes) is 1. The van der Waals surface area contributed by atoms with Crippen LogP contribution in [0.25, 0.3) is 0 Å². The van der Waals surface area contributed by atoms with Crippen LogP contribution in [-0.2, 0) is 4.74 Å². The Morgan fingerprint density at radius 1 is 1.44 bits per heavy atom. The highest BCUT2D eigenvalue weighted by atomic mass is 35.5. The number of hydrogen-bond acceptors (Lipinski definition) is 2. The Morgan fingerprint density at radius 3 is 2.44 bits per heavy atom. The SMILES string of the molecule is CC=C(Cl)C(CC(CCCC)OC(N)=O)=C(C)Cl. The fourth-order valence-corrected chi connectivity index (χ4v) is 2.05. The van der Waals surface area contributed by atoms with Crippen LogP contribution in [0, 0.1) is 0 Å². The average Bonchev–Trinajstić information content (AvgIpc) is 2.30. The lowest BCUT2D eigenvalue weighted by Gasteiger charge is -2.18. The van der Waals surface area contributed by atoms with Gasteiger partial charge < -0.3 is 10.5 Å². The van der Waals surface area contributed by atoms with E-state index in [1.807, 2.05) is 6.92 Å². The summed E-state index contributed by atoms with van der Waals surface area (Å²) in [4.78, 5) is 10.9. The summed E-state index contributed by atoms with van der Waals surface area (Å²) in [6.45, 7) is 5.67. The molecule has 0 bridgehead atoms. The van der Waals surface area contributed by atoms with Crippen LogP contribution >= 0.6 is 23.2 Å². The number of primary amides is 1. The standard InChI is InChI=1S/C13H21Cl2NO2/c1-4-6-7-10(18-13(16)17)8-11(9(3)14)12(15)5-2/h5,10H,4,6-8H2,1-3H3,(H2,16,17). The molecule has 5 heteroatoms. The van der Waals surface area contributed by atoms with Crippen molar-refractivity contribution < 1.29 is 9.53 Å². The molecule has 1 amide bonds. The molecule has 0 aromatic carbocycles. The van der Waals surface area contributed by atoms with Crippen LogP contribution in [0.15, 0.2) is 21.7 Å². The Morgan fingerprint density at radius 2 is 2.06 bits per heavy atom. The molecular formula is C13H21Cl2NO2. The van der Waals surface area contributed by atoms with Gasteiger partial charge in [-0.15, -0.1) is 0 Å². The van der Waals surface area contributed by atoms with Crippen LogP contribution in [0.5, 0.6) is 0 Å². The molecule has 0 heterocycles. The molecule has 0 rings (SSSR count). The van der Waals surface area contributed by atoms with Crippen LogP contribution in [0.1, 0.15) is 46.5 Å². The van der Waals surface area contributed by atoms with Crippen molar-refractivity contribution in [3.8, 4) is 0 Å². The summed E-state index contributed by atoms with van der Waals surface area (Å²) < 4.78 is 5.09. The Kier molecular flexibility index (Phi) is 8.94. The van der Waals surface area contributed by atoms with E-state index in [2.05, 4.69) is 6.92 Å². The molecule has 0 fully saturated rings. The maximum atomic E-state index is 10.9. The topological polar surface area (TPSA) is 52.3 Å². The molecule has 1 unspecified atom stereocenters. The molecule has 0 aliphatic carbocycles. The van der Waals surface area contributed by atoms with E-state index in [-0.39, 0.29) is 6.10 Å². The van der Waals surface area contributed by atoms with Crippen molar-refractivity contribution in [3.05, 3.63) is 21.7 Å². The monoisotopic (exact) mass is 293 g/mol. The maximum absolute atomic E-state index is 10.9. The summed E-state index contributed by atoms with van der Waals surface area (Å²) in [6.07, 6.45) is 3.94. The highest BCUT2D eigenvalue weighted by Gasteiger charge is 2.17. The number of carbonyl (C=O) groups excluding carboxylic acids is 1. The molecule has 0 aliphatic rings. The molecule has 0 saturated carbocycles. The summed E-state index contributed by atoms with van der Waals surface area (Å²) >= 11 is 12.1. The largest absolute Gasteiger partial charge is 0.446 e. The third-order valence-corrected chi connectivity index (χ3v) is 3.23. The summed E-state index contributed by atoms with van der Waals surface area (Å²) in [5.74, 6) is 0. The minimum Gasteiger partial charge on any atom is -0.446 e. The van der Waals surface area contributed by atoms with E-state index < -0.39 is 6.09 Å². The number of hydrogen-bond donors (Lipinski definition) is 1. The summed E-state index contributed by atoms with van der Waals surface area (Å²) in [7, 11) is 0. The second-order valence-corrected chi connectivity index (χ2v) is 5.03. The molecule has 0 aromatic heterocycles. The zero-order valence-corrected chi connectivity index (χ0v) is 12.6. The fourth-order valence-electron chi connectivity index (χ4n) is 1.60. The first-order valence-corrected chi connectivity index (χ1v) is 6.81. The predicted molar refractivity (Wildman–Crippen MR) is 76.8 cm³/mol. The highest BCUT2D eigenvalue weighted by molar-refractivity contribution is 6.35. The fraction of sp³-hybridized carbons (Fsp3) is 0.615. The molecule has 0 aromatic rings. The van der Waals surface area contributed by atoms with Crippen molar-refractivity contribution in [3.63, 3.8) is 0 Å². The Bertz CT molecular complexity index is 334. The van der Waals surface area contributed by atoms with Gasteiger partial charge in [0.1, 0.15) is 6.10 Å². The summed E-state index contributed by atoms with van der Waals surface area (Å²) in [5.41, 5.74) is 5.86. The van der Waals surface area contributed by atoms with Gasteiger partial charge in [0.15, 0.2) is 0 Å². The Labute approximate surface area is 119 Å². The number of carbonyl (C=O) groups is 1. The van der Waals surface area contributed by atoms with Crippen molar-refractivity contribution in [1.29, 1.82) is 0 Å². The van der Waals surface area contributed by atoms with E-state index in [1.165, 1.54) is 0 Å². The average molecular weight is 294 g/mol. The zero-order chi connectivity index (χ0) is 14.1. The van der Waals surface area contributed by atoms with E-state index in [9.17, 15) is 4.79 Å².